The first-order chi connectivity index (χ1) is 13.5. The number of benzene rings is 2. The molecular weight excluding hydrogens is 403 g/mol. The zero-order chi connectivity index (χ0) is 20.1. The van der Waals surface area contributed by atoms with Gasteiger partial charge in [-0.1, -0.05) is 28.4 Å². The van der Waals surface area contributed by atoms with Gasteiger partial charge in [-0.05, 0) is 42.5 Å². The van der Waals surface area contributed by atoms with Crippen LogP contribution in [-0.4, -0.2) is 41.8 Å². The van der Waals surface area contributed by atoms with Gasteiger partial charge in [0.2, 0.25) is 0 Å². The number of ether oxygens (including phenoxy) is 1. The van der Waals surface area contributed by atoms with E-state index >= 15 is 0 Å². The third-order valence-electron chi connectivity index (χ3n) is 3.98. The normalized spacial score (nSPS) is 10.6. The molecule has 7 nitrogen and oxygen atoms in total. The predicted octanol–water partition coefficient (Wildman–Crippen LogP) is 4.76. The van der Waals surface area contributed by atoms with E-state index in [-0.39, 0.29) is 6.03 Å². The molecule has 0 aliphatic carbocycles. The van der Waals surface area contributed by atoms with Gasteiger partial charge in [-0.3, -0.25) is 0 Å². The second kappa shape index (κ2) is 8.95. The summed E-state index contributed by atoms with van der Waals surface area (Å²) >= 11 is 11.9. The molecule has 0 aliphatic heterocycles. The van der Waals surface area contributed by atoms with Crippen LogP contribution in [0.25, 0.3) is 11.5 Å². The molecule has 0 spiro atoms. The van der Waals surface area contributed by atoms with Crippen LogP contribution in [0.3, 0.4) is 0 Å². The number of methoxy groups -OCH3 is 1. The largest absolute Gasteiger partial charge is 0.495 e. The number of halogens is 2. The molecule has 2 amide bonds. The second-order valence-corrected chi connectivity index (χ2v) is 6.84. The number of amides is 2. The van der Waals surface area contributed by atoms with Crippen molar-refractivity contribution in [3.05, 3.63) is 58.3 Å². The summed E-state index contributed by atoms with van der Waals surface area (Å²) in [6.07, 6.45) is 0.438. The van der Waals surface area contributed by atoms with Gasteiger partial charge in [0, 0.05) is 35.6 Å². The summed E-state index contributed by atoms with van der Waals surface area (Å²) < 4.78 is 10.5. The Morgan fingerprint density at radius 2 is 1.89 bits per heavy atom. The molecule has 9 heteroatoms. The van der Waals surface area contributed by atoms with Crippen molar-refractivity contribution < 1.29 is 14.1 Å². The minimum absolute atomic E-state index is 0.304. The lowest BCUT2D eigenvalue weighted by atomic mass is 10.2. The van der Waals surface area contributed by atoms with E-state index in [1.807, 2.05) is 0 Å². The standard InChI is InChI=1S/C19H18Cl2N4O3/c1-25(19(26)22-15-11-14(21)7-8-16(15)27-2)10-9-17-23-18(28-24-17)12-3-5-13(20)6-4-12/h3-8,11H,9-10H2,1-2H3,(H,22,26). The van der Waals surface area contributed by atoms with E-state index in [1.54, 1.807) is 49.5 Å². The van der Waals surface area contributed by atoms with Crippen molar-refractivity contribution in [2.75, 3.05) is 26.0 Å². The van der Waals surface area contributed by atoms with E-state index in [9.17, 15) is 4.79 Å². The maximum Gasteiger partial charge on any atom is 0.321 e. The lowest BCUT2D eigenvalue weighted by Gasteiger charge is -2.18. The van der Waals surface area contributed by atoms with Gasteiger partial charge in [-0.25, -0.2) is 4.79 Å². The van der Waals surface area contributed by atoms with Crippen molar-refractivity contribution in [1.82, 2.24) is 15.0 Å². The Hall–Kier alpha value is -2.77. The fourth-order valence-electron chi connectivity index (χ4n) is 2.42. The number of anilines is 1. The van der Waals surface area contributed by atoms with Crippen LogP contribution >= 0.6 is 23.2 Å². The Balaban J connectivity index is 1.58. The fraction of sp³-hybridized carbons (Fsp3) is 0.211. The quantitative estimate of drug-likeness (QED) is 0.621. The van der Waals surface area contributed by atoms with Crippen LogP contribution in [0.2, 0.25) is 10.0 Å². The Morgan fingerprint density at radius 3 is 2.61 bits per heavy atom. The Kier molecular flexibility index (Phi) is 6.38. The predicted molar refractivity (Wildman–Crippen MR) is 108 cm³/mol. The van der Waals surface area contributed by atoms with E-state index in [0.717, 1.165) is 5.56 Å². The Bertz CT molecular complexity index is 960. The summed E-state index contributed by atoms with van der Waals surface area (Å²) in [7, 11) is 3.20. The number of carbonyl (C=O) groups is 1. The van der Waals surface area contributed by atoms with Crippen molar-refractivity contribution in [3.63, 3.8) is 0 Å². The summed E-state index contributed by atoms with van der Waals surface area (Å²) in [4.78, 5) is 18.3. The molecule has 0 saturated heterocycles. The van der Waals surface area contributed by atoms with Gasteiger partial charge in [-0.15, -0.1) is 0 Å². The Labute approximate surface area is 172 Å². The van der Waals surface area contributed by atoms with Crippen LogP contribution < -0.4 is 10.1 Å². The summed E-state index contributed by atoms with van der Waals surface area (Å²) in [5.41, 5.74) is 1.28. The SMILES string of the molecule is COc1ccc(Cl)cc1NC(=O)N(C)CCc1noc(-c2ccc(Cl)cc2)n1. The van der Waals surface area contributed by atoms with Crippen molar-refractivity contribution in [3.8, 4) is 17.2 Å². The first kappa shape index (κ1) is 20.0. The molecular formula is C19H18Cl2N4O3. The highest BCUT2D eigenvalue weighted by atomic mass is 35.5. The van der Waals surface area contributed by atoms with Gasteiger partial charge < -0.3 is 19.5 Å². The monoisotopic (exact) mass is 420 g/mol. The van der Waals surface area contributed by atoms with Gasteiger partial charge in [0.05, 0.1) is 12.8 Å². The molecule has 0 atom stereocenters. The molecule has 0 radical (unpaired) electrons. The molecule has 1 aromatic heterocycles. The minimum atomic E-state index is -0.304. The molecule has 2 aromatic carbocycles. The zero-order valence-electron chi connectivity index (χ0n) is 15.3. The van der Waals surface area contributed by atoms with E-state index < -0.39 is 0 Å². The summed E-state index contributed by atoms with van der Waals surface area (Å²) in [5, 5.41) is 7.86. The molecule has 0 aliphatic rings. The number of hydrogen-bond donors (Lipinski definition) is 1. The van der Waals surface area contributed by atoms with Crippen LogP contribution in [0, 0.1) is 0 Å². The van der Waals surface area contributed by atoms with E-state index in [0.29, 0.717) is 46.2 Å². The van der Waals surface area contributed by atoms with E-state index in [2.05, 4.69) is 15.5 Å². The molecule has 0 unspecified atom stereocenters. The van der Waals surface area contributed by atoms with Crippen molar-refractivity contribution in [2.24, 2.45) is 0 Å². The fourth-order valence-corrected chi connectivity index (χ4v) is 2.72. The second-order valence-electron chi connectivity index (χ2n) is 5.97. The molecule has 1 N–H and O–H groups in total. The molecule has 0 saturated carbocycles. The average molecular weight is 421 g/mol. The highest BCUT2D eigenvalue weighted by Crippen LogP contribution is 2.27. The van der Waals surface area contributed by atoms with Crippen molar-refractivity contribution in [2.45, 2.75) is 6.42 Å². The van der Waals surface area contributed by atoms with Crippen LogP contribution in [0.15, 0.2) is 47.0 Å². The van der Waals surface area contributed by atoms with Crippen LogP contribution in [0.1, 0.15) is 5.82 Å². The van der Waals surface area contributed by atoms with Crippen molar-refractivity contribution in [1.29, 1.82) is 0 Å². The maximum absolute atomic E-state index is 12.4. The first-order valence-corrected chi connectivity index (χ1v) is 9.16. The molecule has 3 rings (SSSR count). The highest BCUT2D eigenvalue weighted by Gasteiger charge is 2.14. The van der Waals surface area contributed by atoms with Gasteiger partial charge in [0.25, 0.3) is 5.89 Å². The van der Waals surface area contributed by atoms with Gasteiger partial charge in [0.1, 0.15) is 5.75 Å². The zero-order valence-corrected chi connectivity index (χ0v) is 16.8. The summed E-state index contributed by atoms with van der Waals surface area (Å²) in [5.74, 6) is 1.43. The average Bonchev–Trinajstić information content (AvgIpc) is 3.16. The number of aromatic nitrogens is 2. The maximum atomic E-state index is 12.4. The lowest BCUT2D eigenvalue weighted by molar-refractivity contribution is 0.222. The molecule has 0 fully saturated rings. The molecule has 3 aromatic rings. The van der Waals surface area contributed by atoms with Gasteiger partial charge in [-0.2, -0.15) is 4.98 Å². The van der Waals surface area contributed by atoms with E-state index in [4.69, 9.17) is 32.5 Å². The molecule has 146 valence electrons. The number of nitrogens with zero attached hydrogens (tertiary/aromatic N) is 3. The number of urea groups is 1. The number of carbonyl (C=O) groups excluding carboxylic acids is 1. The highest BCUT2D eigenvalue weighted by molar-refractivity contribution is 6.31. The van der Waals surface area contributed by atoms with Crippen molar-refractivity contribution >= 4 is 34.9 Å². The van der Waals surface area contributed by atoms with E-state index in [1.165, 1.54) is 12.0 Å². The number of likely N-dealkylation sites (N-methyl/N-ethyl adjacent to an activating group) is 1. The first-order valence-electron chi connectivity index (χ1n) is 8.40. The topological polar surface area (TPSA) is 80.5 Å². The molecule has 0 bridgehead atoms. The third kappa shape index (κ3) is 4.94. The molecule has 1 heterocycles. The van der Waals surface area contributed by atoms with Crippen LogP contribution in [0.5, 0.6) is 5.75 Å². The lowest BCUT2D eigenvalue weighted by Crippen LogP contribution is -2.33. The number of rotatable bonds is 6. The third-order valence-corrected chi connectivity index (χ3v) is 4.47. The summed E-state index contributed by atoms with van der Waals surface area (Å²) in [6.45, 7) is 0.397. The number of hydrogen-bond acceptors (Lipinski definition) is 5. The van der Waals surface area contributed by atoms with Crippen LogP contribution in [0.4, 0.5) is 10.5 Å². The molecule has 28 heavy (non-hydrogen) atoms. The minimum Gasteiger partial charge on any atom is -0.495 e. The van der Waals surface area contributed by atoms with Gasteiger partial charge in [0.15, 0.2) is 5.82 Å². The smallest absolute Gasteiger partial charge is 0.321 e. The number of nitrogens with one attached hydrogen (secondary N) is 1. The van der Waals surface area contributed by atoms with Gasteiger partial charge >= 0.3 is 6.03 Å². The summed E-state index contributed by atoms with van der Waals surface area (Å²) in [6, 6.07) is 11.8. The van der Waals surface area contributed by atoms with Crippen LogP contribution in [-0.2, 0) is 6.42 Å². The Morgan fingerprint density at radius 1 is 1.18 bits per heavy atom.